The average molecular weight is 588 g/mol. The molecule has 2 aliphatic rings. The summed E-state index contributed by atoms with van der Waals surface area (Å²) in [5.41, 5.74) is 3.77. The lowest BCUT2D eigenvalue weighted by molar-refractivity contribution is -0.136. The molecular weight excluding hydrogens is 546 g/mol. The standard InChI is InChI=1S/C34H41N3O6/c1-24-25(9-6-11-31(24)40-2)22-36(27-12-13-27)34(39)30-20-35-21-33(38)37(30)28-14-16-29(17-15-28)43-19-7-18-42-23-26-8-4-5-10-32(26)41-3/h4-6,8-11,14-17,27,30,35H,7,12-13,18-23H2,1-3H3/t30-/m1/s1. The Morgan fingerprint density at radius 1 is 0.930 bits per heavy atom. The monoisotopic (exact) mass is 587 g/mol. The van der Waals surface area contributed by atoms with Crippen LogP contribution in [-0.4, -0.2) is 69.3 Å². The summed E-state index contributed by atoms with van der Waals surface area (Å²) < 4.78 is 22.6. The van der Waals surface area contributed by atoms with Crippen LogP contribution in [0.1, 0.15) is 36.0 Å². The van der Waals surface area contributed by atoms with Crippen LogP contribution in [0.15, 0.2) is 66.7 Å². The fraction of sp³-hybridized carbons (Fsp3) is 0.412. The van der Waals surface area contributed by atoms with Crippen molar-refractivity contribution in [2.45, 2.75) is 51.4 Å². The molecule has 5 rings (SSSR count). The Balaban J connectivity index is 1.18. The first kappa shape index (κ1) is 30.4. The molecule has 0 spiro atoms. The largest absolute Gasteiger partial charge is 0.496 e. The molecular formula is C34H41N3O6. The first-order chi connectivity index (χ1) is 21.0. The van der Waals surface area contributed by atoms with Crippen LogP contribution < -0.4 is 24.4 Å². The van der Waals surface area contributed by atoms with E-state index in [1.165, 1.54) is 0 Å². The van der Waals surface area contributed by atoms with Gasteiger partial charge in [-0.1, -0.05) is 30.3 Å². The summed E-state index contributed by atoms with van der Waals surface area (Å²) in [6.45, 7) is 4.63. The normalized spacial score (nSPS) is 16.6. The second-order valence-electron chi connectivity index (χ2n) is 10.9. The Morgan fingerprint density at radius 3 is 2.40 bits per heavy atom. The van der Waals surface area contributed by atoms with E-state index >= 15 is 0 Å². The van der Waals surface area contributed by atoms with Crippen molar-refractivity contribution in [1.29, 1.82) is 0 Å². The smallest absolute Gasteiger partial charge is 0.247 e. The maximum atomic E-state index is 14.0. The molecule has 2 fully saturated rings. The van der Waals surface area contributed by atoms with E-state index in [0.29, 0.717) is 44.3 Å². The van der Waals surface area contributed by atoms with E-state index < -0.39 is 6.04 Å². The van der Waals surface area contributed by atoms with E-state index in [9.17, 15) is 9.59 Å². The van der Waals surface area contributed by atoms with Gasteiger partial charge in [0, 0.05) is 36.8 Å². The third kappa shape index (κ3) is 7.47. The number of anilines is 1. The number of nitrogens with zero attached hydrogens (tertiary/aromatic N) is 2. The van der Waals surface area contributed by atoms with Gasteiger partial charge >= 0.3 is 0 Å². The van der Waals surface area contributed by atoms with Gasteiger partial charge in [0.1, 0.15) is 23.3 Å². The number of nitrogens with one attached hydrogen (secondary N) is 1. The van der Waals surface area contributed by atoms with Crippen molar-refractivity contribution >= 4 is 17.5 Å². The lowest BCUT2D eigenvalue weighted by Gasteiger charge is -2.38. The molecule has 43 heavy (non-hydrogen) atoms. The van der Waals surface area contributed by atoms with Gasteiger partial charge in [-0.15, -0.1) is 0 Å². The van der Waals surface area contributed by atoms with Crippen LogP contribution in [0.25, 0.3) is 0 Å². The summed E-state index contributed by atoms with van der Waals surface area (Å²) in [6.07, 6.45) is 2.67. The lowest BCUT2D eigenvalue weighted by atomic mass is 10.1. The first-order valence-electron chi connectivity index (χ1n) is 14.9. The maximum absolute atomic E-state index is 14.0. The van der Waals surface area contributed by atoms with Gasteiger partial charge in [-0.25, -0.2) is 0 Å². The van der Waals surface area contributed by atoms with Crippen molar-refractivity contribution in [1.82, 2.24) is 10.2 Å². The molecule has 0 unspecified atom stereocenters. The molecule has 1 heterocycles. The Labute approximate surface area is 253 Å². The highest BCUT2D eigenvalue weighted by Gasteiger charge is 2.41. The van der Waals surface area contributed by atoms with Crippen LogP contribution >= 0.6 is 0 Å². The van der Waals surface area contributed by atoms with Gasteiger partial charge in [-0.05, 0) is 67.3 Å². The van der Waals surface area contributed by atoms with Crippen LogP contribution in [-0.2, 0) is 27.5 Å². The predicted molar refractivity (Wildman–Crippen MR) is 165 cm³/mol. The predicted octanol–water partition coefficient (Wildman–Crippen LogP) is 4.49. The molecule has 0 radical (unpaired) electrons. The topological polar surface area (TPSA) is 89.6 Å². The van der Waals surface area contributed by atoms with Crippen molar-refractivity contribution in [3.05, 3.63) is 83.4 Å². The molecule has 1 aliphatic carbocycles. The number of amides is 2. The number of carbonyl (C=O) groups is 2. The zero-order valence-electron chi connectivity index (χ0n) is 25.2. The van der Waals surface area contributed by atoms with Gasteiger partial charge in [0.25, 0.3) is 0 Å². The highest BCUT2D eigenvalue weighted by atomic mass is 16.5. The molecule has 9 nitrogen and oxygen atoms in total. The number of rotatable bonds is 14. The molecule has 1 N–H and O–H groups in total. The van der Waals surface area contributed by atoms with Gasteiger partial charge in [0.2, 0.25) is 11.8 Å². The third-order valence-corrected chi connectivity index (χ3v) is 7.97. The van der Waals surface area contributed by atoms with Gasteiger partial charge in [0.05, 0.1) is 40.6 Å². The van der Waals surface area contributed by atoms with Crippen molar-refractivity contribution in [2.75, 3.05) is 45.4 Å². The summed E-state index contributed by atoms with van der Waals surface area (Å²) in [6, 6.07) is 20.7. The summed E-state index contributed by atoms with van der Waals surface area (Å²) in [4.78, 5) is 30.7. The zero-order valence-corrected chi connectivity index (χ0v) is 25.2. The number of hydrogen-bond donors (Lipinski definition) is 1. The van der Waals surface area contributed by atoms with Crippen LogP contribution in [0.4, 0.5) is 5.69 Å². The number of methoxy groups -OCH3 is 2. The molecule has 1 saturated carbocycles. The minimum atomic E-state index is -0.625. The van der Waals surface area contributed by atoms with Gasteiger partial charge in [0.15, 0.2) is 0 Å². The van der Waals surface area contributed by atoms with E-state index in [1.807, 2.05) is 78.6 Å². The van der Waals surface area contributed by atoms with Gasteiger partial charge < -0.3 is 29.2 Å². The minimum Gasteiger partial charge on any atom is -0.496 e. The molecule has 0 bridgehead atoms. The Kier molecular flexibility index (Phi) is 10.2. The van der Waals surface area contributed by atoms with Crippen LogP contribution in [0, 0.1) is 6.92 Å². The van der Waals surface area contributed by atoms with E-state index in [4.69, 9.17) is 18.9 Å². The minimum absolute atomic E-state index is 0.0429. The molecule has 9 heteroatoms. The fourth-order valence-electron chi connectivity index (χ4n) is 5.45. The fourth-order valence-corrected chi connectivity index (χ4v) is 5.45. The highest BCUT2D eigenvalue weighted by molar-refractivity contribution is 6.03. The van der Waals surface area contributed by atoms with E-state index in [2.05, 4.69) is 5.32 Å². The molecule has 3 aromatic rings. The average Bonchev–Trinajstić information content (AvgIpc) is 3.88. The number of benzene rings is 3. The molecule has 0 aromatic heterocycles. The second kappa shape index (κ2) is 14.4. The number of carbonyl (C=O) groups excluding carboxylic acids is 2. The van der Waals surface area contributed by atoms with Crippen molar-refractivity contribution in [3.63, 3.8) is 0 Å². The van der Waals surface area contributed by atoms with Crippen molar-refractivity contribution < 1.29 is 28.5 Å². The van der Waals surface area contributed by atoms with E-state index in [0.717, 1.165) is 47.5 Å². The van der Waals surface area contributed by atoms with Crippen LogP contribution in [0.5, 0.6) is 17.2 Å². The number of piperazine rings is 1. The van der Waals surface area contributed by atoms with Crippen molar-refractivity contribution in [2.24, 2.45) is 0 Å². The molecule has 228 valence electrons. The van der Waals surface area contributed by atoms with Crippen LogP contribution in [0.3, 0.4) is 0 Å². The highest BCUT2D eigenvalue weighted by Crippen LogP contribution is 2.33. The summed E-state index contributed by atoms with van der Waals surface area (Å²) in [5, 5.41) is 3.14. The molecule has 2 amide bonds. The van der Waals surface area contributed by atoms with E-state index in [-0.39, 0.29) is 24.4 Å². The van der Waals surface area contributed by atoms with Gasteiger partial charge in [-0.2, -0.15) is 0 Å². The van der Waals surface area contributed by atoms with Crippen LogP contribution in [0.2, 0.25) is 0 Å². The van der Waals surface area contributed by atoms with Crippen molar-refractivity contribution in [3.8, 4) is 17.2 Å². The molecule has 1 aliphatic heterocycles. The third-order valence-electron chi connectivity index (χ3n) is 7.97. The van der Waals surface area contributed by atoms with E-state index in [1.54, 1.807) is 19.1 Å². The SMILES string of the molecule is COc1ccccc1COCCCOc1ccc(N2C(=O)CNC[C@@H]2C(=O)N(Cc2cccc(OC)c2C)C2CC2)cc1. The second-order valence-corrected chi connectivity index (χ2v) is 10.9. The van der Waals surface area contributed by atoms with Gasteiger partial charge in [-0.3, -0.25) is 14.5 Å². The lowest BCUT2D eigenvalue weighted by Crippen LogP contribution is -2.61. The summed E-state index contributed by atoms with van der Waals surface area (Å²) >= 11 is 0. The number of ether oxygens (including phenoxy) is 4. The Morgan fingerprint density at radius 2 is 1.65 bits per heavy atom. The quantitative estimate of drug-likeness (QED) is 0.278. The number of para-hydroxylation sites is 1. The molecule has 1 saturated heterocycles. The maximum Gasteiger partial charge on any atom is 0.247 e. The molecule has 1 atom stereocenters. The Hall–Kier alpha value is -4.08. The molecule has 3 aromatic carbocycles. The summed E-state index contributed by atoms with van der Waals surface area (Å²) in [7, 11) is 3.31. The number of hydrogen-bond acceptors (Lipinski definition) is 7. The first-order valence-corrected chi connectivity index (χ1v) is 14.9. The Bertz CT molecular complexity index is 1390. The summed E-state index contributed by atoms with van der Waals surface area (Å²) in [5.74, 6) is 2.15. The zero-order chi connectivity index (χ0) is 30.2.